The Hall–Kier alpha value is -0.990. The van der Waals surface area contributed by atoms with E-state index in [9.17, 15) is 0 Å². The standard InChI is InChI=1S/C13H15NS/c1-14(2)10-15-13-8-7-11-5-3-4-6-12(11)9-13/h3-9H,10H2,1-2H3. The highest BCUT2D eigenvalue weighted by Gasteiger charge is 1.97. The number of hydrogen-bond donors (Lipinski definition) is 0. The molecule has 2 aromatic rings. The van der Waals surface area contributed by atoms with Crippen LogP contribution in [-0.4, -0.2) is 24.9 Å². The van der Waals surface area contributed by atoms with Crippen molar-refractivity contribution in [2.75, 3.05) is 20.0 Å². The Morgan fingerprint density at radius 2 is 1.73 bits per heavy atom. The normalized spacial score (nSPS) is 11.1. The topological polar surface area (TPSA) is 3.24 Å². The van der Waals surface area contributed by atoms with E-state index < -0.39 is 0 Å². The van der Waals surface area contributed by atoms with Crippen LogP contribution in [0.3, 0.4) is 0 Å². The average molecular weight is 217 g/mol. The molecule has 78 valence electrons. The highest BCUT2D eigenvalue weighted by molar-refractivity contribution is 7.99. The maximum Gasteiger partial charge on any atom is 0.0485 e. The van der Waals surface area contributed by atoms with Crippen LogP contribution in [0.2, 0.25) is 0 Å². The SMILES string of the molecule is CN(C)CSc1ccc2ccccc2c1. The fraction of sp³-hybridized carbons (Fsp3) is 0.231. The minimum atomic E-state index is 1.03. The Morgan fingerprint density at radius 3 is 2.47 bits per heavy atom. The van der Waals surface area contributed by atoms with Gasteiger partial charge in [-0.1, -0.05) is 30.3 Å². The second kappa shape index (κ2) is 4.69. The van der Waals surface area contributed by atoms with Crippen molar-refractivity contribution in [2.24, 2.45) is 0 Å². The van der Waals surface area contributed by atoms with Crippen LogP contribution in [0.25, 0.3) is 10.8 Å². The van der Waals surface area contributed by atoms with E-state index in [-0.39, 0.29) is 0 Å². The van der Waals surface area contributed by atoms with Crippen molar-refractivity contribution in [1.29, 1.82) is 0 Å². The number of thioether (sulfide) groups is 1. The molecule has 0 fully saturated rings. The van der Waals surface area contributed by atoms with Gasteiger partial charge in [-0.25, -0.2) is 0 Å². The van der Waals surface area contributed by atoms with E-state index in [4.69, 9.17) is 0 Å². The summed E-state index contributed by atoms with van der Waals surface area (Å²) in [5, 5.41) is 2.63. The first-order valence-corrected chi connectivity index (χ1v) is 6.00. The summed E-state index contributed by atoms with van der Waals surface area (Å²) in [4.78, 5) is 3.52. The third-order valence-corrected chi connectivity index (χ3v) is 3.44. The van der Waals surface area contributed by atoms with E-state index in [2.05, 4.69) is 61.5 Å². The van der Waals surface area contributed by atoms with Crippen LogP contribution in [0.15, 0.2) is 47.4 Å². The Bertz CT molecular complexity index is 451. The molecule has 0 atom stereocenters. The third-order valence-electron chi connectivity index (χ3n) is 2.21. The predicted octanol–water partition coefficient (Wildman–Crippen LogP) is 3.45. The molecule has 2 aromatic carbocycles. The van der Waals surface area contributed by atoms with Crippen LogP contribution < -0.4 is 0 Å². The van der Waals surface area contributed by atoms with Crippen molar-refractivity contribution in [1.82, 2.24) is 4.90 Å². The zero-order valence-corrected chi connectivity index (χ0v) is 9.92. The zero-order valence-electron chi connectivity index (χ0n) is 9.10. The molecule has 0 saturated carbocycles. The molecule has 0 N–H and O–H groups in total. The summed E-state index contributed by atoms with van der Waals surface area (Å²) in [6.07, 6.45) is 0. The number of rotatable bonds is 3. The van der Waals surface area contributed by atoms with Gasteiger partial charge in [0.2, 0.25) is 0 Å². The Labute approximate surface area is 95.1 Å². The summed E-state index contributed by atoms with van der Waals surface area (Å²) in [7, 11) is 4.18. The highest BCUT2D eigenvalue weighted by Crippen LogP contribution is 2.23. The van der Waals surface area contributed by atoms with Gasteiger partial charge in [0.15, 0.2) is 0 Å². The molecule has 2 heteroatoms. The molecular formula is C13H15NS. The van der Waals surface area contributed by atoms with Gasteiger partial charge in [0.1, 0.15) is 0 Å². The minimum absolute atomic E-state index is 1.03. The minimum Gasteiger partial charge on any atom is -0.300 e. The van der Waals surface area contributed by atoms with Crippen molar-refractivity contribution in [2.45, 2.75) is 4.90 Å². The second-order valence-corrected chi connectivity index (χ2v) is 4.88. The largest absolute Gasteiger partial charge is 0.300 e. The van der Waals surface area contributed by atoms with Gasteiger partial charge < -0.3 is 0 Å². The molecule has 0 aliphatic heterocycles. The van der Waals surface area contributed by atoms with Crippen molar-refractivity contribution in [3.05, 3.63) is 42.5 Å². The molecule has 0 bridgehead atoms. The van der Waals surface area contributed by atoms with Gasteiger partial charge in [0.25, 0.3) is 0 Å². The summed E-state index contributed by atoms with van der Waals surface area (Å²) in [5.41, 5.74) is 0. The molecule has 1 nitrogen and oxygen atoms in total. The Balaban J connectivity index is 2.23. The van der Waals surface area contributed by atoms with E-state index in [1.807, 2.05) is 11.8 Å². The molecule has 0 aliphatic rings. The lowest BCUT2D eigenvalue weighted by Gasteiger charge is -2.09. The summed E-state index contributed by atoms with van der Waals surface area (Å²) in [5.74, 6) is 1.03. The molecule has 0 heterocycles. The maximum absolute atomic E-state index is 2.25. The molecule has 0 radical (unpaired) electrons. The quantitative estimate of drug-likeness (QED) is 0.572. The van der Waals surface area contributed by atoms with Crippen LogP contribution in [0.1, 0.15) is 0 Å². The number of hydrogen-bond acceptors (Lipinski definition) is 2. The van der Waals surface area contributed by atoms with Crippen LogP contribution >= 0.6 is 11.8 Å². The molecule has 0 aromatic heterocycles. The second-order valence-electron chi connectivity index (χ2n) is 3.86. The van der Waals surface area contributed by atoms with Crippen LogP contribution in [-0.2, 0) is 0 Å². The summed E-state index contributed by atoms with van der Waals surface area (Å²) in [6.45, 7) is 0. The van der Waals surface area contributed by atoms with Crippen molar-refractivity contribution >= 4 is 22.5 Å². The zero-order chi connectivity index (χ0) is 10.7. The number of nitrogens with zero attached hydrogens (tertiary/aromatic N) is 1. The maximum atomic E-state index is 2.25. The smallest absolute Gasteiger partial charge is 0.0485 e. The van der Waals surface area contributed by atoms with Crippen molar-refractivity contribution < 1.29 is 0 Å². The Kier molecular flexibility index (Phi) is 3.29. The van der Waals surface area contributed by atoms with Crippen LogP contribution in [0, 0.1) is 0 Å². The lowest BCUT2D eigenvalue weighted by atomic mass is 10.1. The molecular weight excluding hydrogens is 202 g/mol. The number of fused-ring (bicyclic) bond motifs is 1. The molecule has 0 spiro atoms. The first-order chi connectivity index (χ1) is 7.25. The predicted molar refractivity (Wildman–Crippen MR) is 68.4 cm³/mol. The summed E-state index contributed by atoms with van der Waals surface area (Å²) >= 11 is 1.87. The first kappa shape index (κ1) is 10.5. The van der Waals surface area contributed by atoms with Crippen LogP contribution in [0.5, 0.6) is 0 Å². The van der Waals surface area contributed by atoms with Gasteiger partial charge in [-0.05, 0) is 37.0 Å². The van der Waals surface area contributed by atoms with Gasteiger partial charge in [-0.15, -0.1) is 11.8 Å². The molecule has 2 rings (SSSR count). The third kappa shape index (κ3) is 2.74. The van der Waals surface area contributed by atoms with Crippen molar-refractivity contribution in [3.8, 4) is 0 Å². The lowest BCUT2D eigenvalue weighted by molar-refractivity contribution is 0.485. The van der Waals surface area contributed by atoms with Gasteiger partial charge in [-0.2, -0.15) is 0 Å². The Morgan fingerprint density at radius 1 is 1.00 bits per heavy atom. The van der Waals surface area contributed by atoms with Crippen molar-refractivity contribution in [3.63, 3.8) is 0 Å². The van der Waals surface area contributed by atoms with Gasteiger partial charge in [-0.3, -0.25) is 4.90 Å². The van der Waals surface area contributed by atoms with E-state index >= 15 is 0 Å². The monoisotopic (exact) mass is 217 g/mol. The molecule has 15 heavy (non-hydrogen) atoms. The molecule has 0 unspecified atom stereocenters. The van der Waals surface area contributed by atoms with E-state index in [1.165, 1.54) is 15.7 Å². The van der Waals surface area contributed by atoms with Gasteiger partial charge >= 0.3 is 0 Å². The molecule has 0 aliphatic carbocycles. The van der Waals surface area contributed by atoms with E-state index in [0.29, 0.717) is 0 Å². The fourth-order valence-corrected chi connectivity index (χ4v) is 2.24. The molecule has 0 amide bonds. The fourth-order valence-electron chi connectivity index (χ4n) is 1.46. The number of benzene rings is 2. The average Bonchev–Trinajstić information content (AvgIpc) is 2.26. The summed E-state index contributed by atoms with van der Waals surface area (Å²) < 4.78 is 0. The van der Waals surface area contributed by atoms with Crippen LogP contribution in [0.4, 0.5) is 0 Å². The van der Waals surface area contributed by atoms with E-state index in [1.54, 1.807) is 0 Å². The van der Waals surface area contributed by atoms with Gasteiger partial charge in [0, 0.05) is 10.8 Å². The van der Waals surface area contributed by atoms with Gasteiger partial charge in [0.05, 0.1) is 0 Å². The molecule has 0 saturated heterocycles. The highest BCUT2D eigenvalue weighted by atomic mass is 32.2. The lowest BCUT2D eigenvalue weighted by Crippen LogP contribution is -2.09. The first-order valence-electron chi connectivity index (χ1n) is 5.02. The summed E-state index contributed by atoms with van der Waals surface area (Å²) in [6, 6.07) is 15.1. The van der Waals surface area contributed by atoms with E-state index in [0.717, 1.165) is 5.88 Å².